The van der Waals surface area contributed by atoms with Gasteiger partial charge >= 0.3 is 0 Å². The molecule has 2 N–H and O–H groups in total. The van der Waals surface area contributed by atoms with Crippen molar-refractivity contribution in [1.82, 2.24) is 0 Å². The Morgan fingerprint density at radius 1 is 0.929 bits per heavy atom. The number of benzene rings is 1. The molecule has 0 aliphatic rings. The maximum atomic E-state index is 5.68. The van der Waals surface area contributed by atoms with Crippen molar-refractivity contribution in [2.75, 3.05) is 5.73 Å². The molecule has 2 aromatic rings. The number of halogens is 1. The molecule has 1 heterocycles. The summed E-state index contributed by atoms with van der Waals surface area (Å²) in [7, 11) is 0. The quantitative estimate of drug-likeness (QED) is 0.449. The van der Waals surface area contributed by atoms with Crippen LogP contribution in [0.2, 0.25) is 0 Å². The number of rotatable bonds is 1. The monoisotopic (exact) mass is 206 g/mol. The highest BCUT2D eigenvalue weighted by Gasteiger charge is 2.02. The molecule has 0 spiro atoms. The summed E-state index contributed by atoms with van der Waals surface area (Å²) < 4.78 is 2.02. The minimum absolute atomic E-state index is 0. The zero-order chi connectivity index (χ0) is 9.10. The van der Waals surface area contributed by atoms with E-state index in [1.54, 1.807) is 0 Å². The van der Waals surface area contributed by atoms with Gasteiger partial charge < -0.3 is 18.1 Å². The van der Waals surface area contributed by atoms with Crippen LogP contribution in [0.5, 0.6) is 0 Å². The van der Waals surface area contributed by atoms with Crippen LogP contribution >= 0.6 is 0 Å². The van der Waals surface area contributed by atoms with E-state index in [0.717, 1.165) is 11.4 Å². The number of nitrogens with two attached hydrogens (primary N) is 1. The predicted octanol–water partition coefficient (Wildman–Crippen LogP) is -1.45. The second-order valence-corrected chi connectivity index (χ2v) is 2.88. The number of pyridine rings is 1. The lowest BCUT2D eigenvalue weighted by molar-refractivity contribution is -0.595. The molecule has 72 valence electrons. The fraction of sp³-hybridized carbons (Fsp3) is 0. The zero-order valence-electron chi connectivity index (χ0n) is 7.60. The first-order valence-electron chi connectivity index (χ1n) is 4.18. The van der Waals surface area contributed by atoms with Crippen molar-refractivity contribution < 1.29 is 17.0 Å². The molecule has 0 amide bonds. The highest BCUT2D eigenvalue weighted by atomic mass is 35.5. The standard InChI is InChI=1S/C11H11N2.ClH/c12-10-5-4-6-11(9-10)13-7-2-1-3-8-13;/h1-9H,12H2;1H/q+1;/p-1. The lowest BCUT2D eigenvalue weighted by atomic mass is 10.3. The molecule has 0 aliphatic heterocycles. The molecule has 0 fully saturated rings. The van der Waals surface area contributed by atoms with E-state index >= 15 is 0 Å². The Labute approximate surface area is 89.4 Å². The molecule has 0 saturated carbocycles. The summed E-state index contributed by atoms with van der Waals surface area (Å²) >= 11 is 0. The molecule has 2 rings (SSSR count). The Morgan fingerprint density at radius 3 is 2.29 bits per heavy atom. The van der Waals surface area contributed by atoms with Gasteiger partial charge in [-0.15, -0.1) is 0 Å². The molecular formula is C11H11ClN2. The summed E-state index contributed by atoms with van der Waals surface area (Å²) in [4.78, 5) is 0. The van der Waals surface area contributed by atoms with Gasteiger partial charge in [-0.05, 0) is 6.07 Å². The largest absolute Gasteiger partial charge is 1.00 e. The van der Waals surface area contributed by atoms with E-state index in [1.165, 1.54) is 0 Å². The Bertz CT molecular complexity index is 401. The third-order valence-electron chi connectivity index (χ3n) is 1.88. The molecule has 1 aromatic heterocycles. The fourth-order valence-corrected chi connectivity index (χ4v) is 1.26. The van der Waals surface area contributed by atoms with E-state index in [2.05, 4.69) is 0 Å². The third kappa shape index (κ3) is 2.24. The van der Waals surface area contributed by atoms with Gasteiger partial charge in [0.05, 0.1) is 0 Å². The average Bonchev–Trinajstić information content (AvgIpc) is 2.19. The molecular weight excluding hydrogens is 196 g/mol. The van der Waals surface area contributed by atoms with Gasteiger partial charge in [-0.25, -0.2) is 0 Å². The van der Waals surface area contributed by atoms with Crippen molar-refractivity contribution in [3.63, 3.8) is 0 Å². The smallest absolute Gasteiger partial charge is 0.212 e. The summed E-state index contributed by atoms with van der Waals surface area (Å²) in [5.74, 6) is 0. The number of hydrogen-bond donors (Lipinski definition) is 1. The van der Waals surface area contributed by atoms with Crippen LogP contribution in [0, 0.1) is 0 Å². The van der Waals surface area contributed by atoms with Gasteiger partial charge in [-0.2, -0.15) is 4.57 Å². The highest BCUT2D eigenvalue weighted by Crippen LogP contribution is 2.05. The average molecular weight is 207 g/mol. The number of nitrogens with zero attached hydrogens (tertiary/aromatic N) is 1. The summed E-state index contributed by atoms with van der Waals surface area (Å²) in [6, 6.07) is 13.8. The Kier molecular flexibility index (Phi) is 3.48. The third-order valence-corrected chi connectivity index (χ3v) is 1.88. The first kappa shape index (κ1) is 10.5. The minimum atomic E-state index is 0. The van der Waals surface area contributed by atoms with Crippen LogP contribution < -0.4 is 22.7 Å². The van der Waals surface area contributed by atoms with Crippen molar-refractivity contribution in [2.45, 2.75) is 0 Å². The van der Waals surface area contributed by atoms with Crippen LogP contribution in [0.25, 0.3) is 5.69 Å². The number of hydrogen-bond acceptors (Lipinski definition) is 1. The van der Waals surface area contributed by atoms with Gasteiger partial charge in [0.25, 0.3) is 0 Å². The predicted molar refractivity (Wildman–Crippen MR) is 52.4 cm³/mol. The van der Waals surface area contributed by atoms with E-state index in [0.29, 0.717) is 0 Å². The normalized spacial score (nSPS) is 9.14. The number of aromatic nitrogens is 1. The summed E-state index contributed by atoms with van der Waals surface area (Å²) in [5.41, 5.74) is 7.55. The first-order chi connectivity index (χ1) is 6.36. The van der Waals surface area contributed by atoms with E-state index in [1.807, 2.05) is 59.4 Å². The van der Waals surface area contributed by atoms with Crippen molar-refractivity contribution >= 4 is 5.69 Å². The van der Waals surface area contributed by atoms with E-state index < -0.39 is 0 Å². The van der Waals surface area contributed by atoms with E-state index in [9.17, 15) is 0 Å². The zero-order valence-corrected chi connectivity index (χ0v) is 8.35. The molecule has 1 aromatic carbocycles. The minimum Gasteiger partial charge on any atom is -1.00 e. The molecule has 0 unspecified atom stereocenters. The van der Waals surface area contributed by atoms with Crippen LogP contribution in [0.4, 0.5) is 5.69 Å². The van der Waals surface area contributed by atoms with Crippen molar-refractivity contribution in [3.05, 3.63) is 54.9 Å². The van der Waals surface area contributed by atoms with Gasteiger partial charge in [-0.3, -0.25) is 0 Å². The number of anilines is 1. The van der Waals surface area contributed by atoms with Crippen molar-refractivity contribution in [1.29, 1.82) is 0 Å². The van der Waals surface area contributed by atoms with Crippen LogP contribution in [0.3, 0.4) is 0 Å². The topological polar surface area (TPSA) is 29.9 Å². The van der Waals surface area contributed by atoms with Gasteiger partial charge in [0.2, 0.25) is 5.69 Å². The van der Waals surface area contributed by atoms with Gasteiger partial charge in [0.15, 0.2) is 12.4 Å². The Balaban J connectivity index is 0.000000980. The molecule has 0 radical (unpaired) electrons. The molecule has 2 nitrogen and oxygen atoms in total. The summed E-state index contributed by atoms with van der Waals surface area (Å²) in [5, 5.41) is 0. The van der Waals surface area contributed by atoms with Crippen LogP contribution in [0.15, 0.2) is 54.9 Å². The molecule has 14 heavy (non-hydrogen) atoms. The van der Waals surface area contributed by atoms with Crippen LogP contribution in [-0.2, 0) is 0 Å². The lowest BCUT2D eigenvalue weighted by Gasteiger charge is -1.95. The summed E-state index contributed by atoms with van der Waals surface area (Å²) in [6.07, 6.45) is 3.99. The van der Waals surface area contributed by atoms with Crippen molar-refractivity contribution in [2.24, 2.45) is 0 Å². The molecule has 0 bridgehead atoms. The van der Waals surface area contributed by atoms with E-state index in [4.69, 9.17) is 5.73 Å². The second-order valence-electron chi connectivity index (χ2n) is 2.88. The SMILES string of the molecule is Nc1cccc(-[n+]2ccccc2)c1.[Cl-]. The maximum absolute atomic E-state index is 5.68. The Hall–Kier alpha value is -1.54. The van der Waals surface area contributed by atoms with Crippen molar-refractivity contribution in [3.8, 4) is 5.69 Å². The summed E-state index contributed by atoms with van der Waals surface area (Å²) in [6.45, 7) is 0. The van der Waals surface area contributed by atoms with Gasteiger partial charge in [0.1, 0.15) is 0 Å². The second kappa shape index (κ2) is 4.63. The lowest BCUT2D eigenvalue weighted by Crippen LogP contribution is -3.00. The highest BCUT2D eigenvalue weighted by molar-refractivity contribution is 5.43. The van der Waals surface area contributed by atoms with Crippen LogP contribution in [0.1, 0.15) is 0 Å². The van der Waals surface area contributed by atoms with E-state index in [-0.39, 0.29) is 12.4 Å². The van der Waals surface area contributed by atoms with Gasteiger partial charge in [-0.1, -0.05) is 12.1 Å². The molecule has 3 heteroatoms. The Morgan fingerprint density at radius 2 is 1.64 bits per heavy atom. The maximum Gasteiger partial charge on any atom is 0.212 e. The number of nitrogen functional groups attached to an aromatic ring is 1. The first-order valence-corrected chi connectivity index (χ1v) is 4.18. The molecule has 0 atom stereocenters. The van der Waals surface area contributed by atoms with Crippen LogP contribution in [-0.4, -0.2) is 0 Å². The molecule has 0 aliphatic carbocycles. The molecule has 0 saturated heterocycles. The van der Waals surface area contributed by atoms with Gasteiger partial charge in [0, 0.05) is 30.0 Å². The fourth-order valence-electron chi connectivity index (χ4n) is 1.26.